The monoisotopic (exact) mass is 387 g/mol. The van der Waals surface area contributed by atoms with E-state index in [1.165, 1.54) is 6.33 Å². The van der Waals surface area contributed by atoms with Crippen molar-refractivity contribution >= 4 is 50.8 Å². The summed E-state index contributed by atoms with van der Waals surface area (Å²) in [6.07, 6.45) is 1.45. The Balaban J connectivity index is 1.52. The van der Waals surface area contributed by atoms with E-state index in [0.717, 1.165) is 22.0 Å². The zero-order chi connectivity index (χ0) is 19.1. The predicted octanol–water partition coefficient (Wildman–Crippen LogP) is 5.07. The Morgan fingerprint density at radius 3 is 2.54 bits per heavy atom. The normalized spacial score (nSPS) is 11.2. The van der Waals surface area contributed by atoms with E-state index < -0.39 is 0 Å². The Labute approximate surface area is 164 Å². The number of hydrogen-bond donors (Lipinski definition) is 3. The van der Waals surface area contributed by atoms with Crippen LogP contribution in [0.3, 0.4) is 0 Å². The number of halogens is 1. The van der Waals surface area contributed by atoms with Crippen LogP contribution >= 0.6 is 11.6 Å². The number of carbonyl (C=O) groups excluding carboxylic acids is 1. The number of carbonyl (C=O) groups is 1. The summed E-state index contributed by atoms with van der Waals surface area (Å²) in [6, 6.07) is 18.7. The molecule has 0 saturated heterocycles. The van der Waals surface area contributed by atoms with Crippen molar-refractivity contribution in [1.29, 1.82) is 0 Å². The van der Waals surface area contributed by atoms with Crippen LogP contribution in [0.15, 0.2) is 67.0 Å². The first-order valence-corrected chi connectivity index (χ1v) is 9.04. The second-order valence-electron chi connectivity index (χ2n) is 6.40. The van der Waals surface area contributed by atoms with Gasteiger partial charge in [0.1, 0.15) is 17.8 Å². The summed E-state index contributed by atoms with van der Waals surface area (Å²) < 4.78 is 0. The third kappa shape index (κ3) is 2.90. The molecule has 2 aromatic carbocycles. The second kappa shape index (κ2) is 6.51. The maximum absolute atomic E-state index is 12.9. The van der Waals surface area contributed by atoms with Crippen molar-refractivity contribution in [3.8, 4) is 0 Å². The molecule has 0 saturated carbocycles. The molecule has 28 heavy (non-hydrogen) atoms. The van der Waals surface area contributed by atoms with Crippen molar-refractivity contribution < 1.29 is 4.79 Å². The number of ketones is 1. The molecule has 0 unspecified atom stereocenters. The maximum atomic E-state index is 12.9. The number of hydrogen-bond acceptors (Lipinski definition) is 4. The first-order chi connectivity index (χ1) is 13.7. The van der Waals surface area contributed by atoms with Gasteiger partial charge < -0.3 is 15.3 Å². The Hall–Kier alpha value is -3.64. The summed E-state index contributed by atoms with van der Waals surface area (Å²) in [6.45, 7) is 0. The molecule has 0 atom stereocenters. The SMILES string of the molecule is O=C(c1cc2ccccc2[nH]1)c1cc2c(Nc3ccc(Cl)cc3)ncnc2[nH]1. The van der Waals surface area contributed by atoms with E-state index >= 15 is 0 Å². The standard InChI is InChI=1S/C21H14ClN5O/c22-13-5-7-14(8-6-13)25-20-15-10-18(27-21(15)24-11-23-20)19(28)17-9-12-3-1-2-4-16(12)26-17/h1-11,26H,(H2,23,24,25,27). The number of fused-ring (bicyclic) bond motifs is 2. The molecule has 0 amide bonds. The largest absolute Gasteiger partial charge is 0.352 e. The van der Waals surface area contributed by atoms with E-state index in [1.807, 2.05) is 42.5 Å². The van der Waals surface area contributed by atoms with Crippen molar-refractivity contribution in [1.82, 2.24) is 19.9 Å². The van der Waals surface area contributed by atoms with E-state index in [0.29, 0.717) is 27.9 Å². The number of aromatic amines is 2. The van der Waals surface area contributed by atoms with Crippen molar-refractivity contribution in [2.24, 2.45) is 0 Å². The van der Waals surface area contributed by atoms with Crippen LogP contribution in [0, 0.1) is 0 Å². The van der Waals surface area contributed by atoms with Crippen molar-refractivity contribution in [3.05, 3.63) is 83.4 Å². The summed E-state index contributed by atoms with van der Waals surface area (Å²) in [4.78, 5) is 27.8. The Morgan fingerprint density at radius 2 is 1.71 bits per heavy atom. The van der Waals surface area contributed by atoms with Gasteiger partial charge >= 0.3 is 0 Å². The highest BCUT2D eigenvalue weighted by Crippen LogP contribution is 2.26. The van der Waals surface area contributed by atoms with Gasteiger partial charge in [-0.1, -0.05) is 29.8 Å². The van der Waals surface area contributed by atoms with Gasteiger partial charge in [-0.2, -0.15) is 0 Å². The topological polar surface area (TPSA) is 86.5 Å². The van der Waals surface area contributed by atoms with Crippen molar-refractivity contribution in [3.63, 3.8) is 0 Å². The van der Waals surface area contributed by atoms with Crippen LogP contribution < -0.4 is 5.32 Å². The van der Waals surface area contributed by atoms with Crippen LogP contribution in [0.2, 0.25) is 5.02 Å². The van der Waals surface area contributed by atoms with Gasteiger partial charge in [0, 0.05) is 21.6 Å². The number of aromatic nitrogens is 4. The summed E-state index contributed by atoms with van der Waals surface area (Å²) in [5.74, 6) is 0.478. The third-order valence-electron chi connectivity index (χ3n) is 4.55. The van der Waals surface area contributed by atoms with Gasteiger partial charge in [-0.05, 0) is 42.5 Å². The lowest BCUT2D eigenvalue weighted by atomic mass is 10.2. The van der Waals surface area contributed by atoms with Crippen molar-refractivity contribution in [2.75, 3.05) is 5.32 Å². The number of anilines is 2. The van der Waals surface area contributed by atoms with E-state index in [1.54, 1.807) is 18.2 Å². The van der Waals surface area contributed by atoms with Gasteiger partial charge in [0.15, 0.2) is 0 Å². The molecule has 0 aliphatic carbocycles. The molecule has 3 aromatic heterocycles. The fraction of sp³-hybridized carbons (Fsp3) is 0. The van der Waals surface area contributed by atoms with Crippen LogP contribution in [0.5, 0.6) is 0 Å². The van der Waals surface area contributed by atoms with E-state index in [4.69, 9.17) is 11.6 Å². The first kappa shape index (κ1) is 16.5. The molecule has 6 nitrogen and oxygen atoms in total. The zero-order valence-corrected chi connectivity index (χ0v) is 15.3. The van der Waals surface area contributed by atoms with E-state index in [2.05, 4.69) is 25.3 Å². The minimum absolute atomic E-state index is 0.133. The molecular weight excluding hydrogens is 374 g/mol. The van der Waals surface area contributed by atoms with Crippen LogP contribution in [-0.4, -0.2) is 25.7 Å². The molecule has 0 fully saturated rings. The molecule has 3 N–H and O–H groups in total. The highest BCUT2D eigenvalue weighted by Gasteiger charge is 2.17. The average molecular weight is 388 g/mol. The lowest BCUT2D eigenvalue weighted by Crippen LogP contribution is -2.01. The van der Waals surface area contributed by atoms with Crippen LogP contribution in [-0.2, 0) is 0 Å². The first-order valence-electron chi connectivity index (χ1n) is 8.66. The number of rotatable bonds is 4. The lowest BCUT2D eigenvalue weighted by molar-refractivity contribution is 0.103. The molecule has 5 aromatic rings. The molecule has 0 bridgehead atoms. The maximum Gasteiger partial charge on any atom is 0.225 e. The van der Waals surface area contributed by atoms with Crippen LogP contribution in [0.4, 0.5) is 11.5 Å². The molecule has 7 heteroatoms. The third-order valence-corrected chi connectivity index (χ3v) is 4.80. The van der Waals surface area contributed by atoms with Gasteiger partial charge in [0.25, 0.3) is 0 Å². The molecule has 5 rings (SSSR count). The minimum Gasteiger partial charge on any atom is -0.352 e. The fourth-order valence-electron chi connectivity index (χ4n) is 3.17. The van der Waals surface area contributed by atoms with Gasteiger partial charge in [-0.3, -0.25) is 4.79 Å². The molecule has 0 radical (unpaired) electrons. The molecule has 0 spiro atoms. The smallest absolute Gasteiger partial charge is 0.225 e. The lowest BCUT2D eigenvalue weighted by Gasteiger charge is -2.05. The Morgan fingerprint density at radius 1 is 0.929 bits per heavy atom. The van der Waals surface area contributed by atoms with Gasteiger partial charge in [-0.25, -0.2) is 9.97 Å². The Kier molecular flexibility index (Phi) is 3.84. The summed E-state index contributed by atoms with van der Waals surface area (Å²) in [5.41, 5.74) is 3.32. The minimum atomic E-state index is -0.133. The van der Waals surface area contributed by atoms with Crippen LogP contribution in [0.25, 0.3) is 21.9 Å². The number of nitrogens with one attached hydrogen (secondary N) is 3. The molecule has 136 valence electrons. The molecule has 0 aliphatic heterocycles. The average Bonchev–Trinajstić information content (AvgIpc) is 3.34. The highest BCUT2D eigenvalue weighted by molar-refractivity contribution is 6.30. The summed E-state index contributed by atoms with van der Waals surface area (Å²) >= 11 is 5.94. The predicted molar refractivity (Wildman–Crippen MR) is 110 cm³/mol. The number of H-pyrrole nitrogens is 2. The van der Waals surface area contributed by atoms with Gasteiger partial charge in [0.05, 0.1) is 16.8 Å². The number of nitrogens with zero attached hydrogens (tertiary/aromatic N) is 2. The summed E-state index contributed by atoms with van der Waals surface area (Å²) in [5, 5.41) is 5.62. The van der Waals surface area contributed by atoms with Gasteiger partial charge in [0.2, 0.25) is 5.78 Å². The van der Waals surface area contributed by atoms with Crippen LogP contribution in [0.1, 0.15) is 16.2 Å². The molecule has 0 aliphatic rings. The summed E-state index contributed by atoms with van der Waals surface area (Å²) in [7, 11) is 0. The Bertz CT molecular complexity index is 1290. The number of benzene rings is 2. The molecular formula is C21H14ClN5O. The fourth-order valence-corrected chi connectivity index (χ4v) is 3.30. The van der Waals surface area contributed by atoms with E-state index in [-0.39, 0.29) is 5.78 Å². The quantitative estimate of drug-likeness (QED) is 0.376. The van der Waals surface area contributed by atoms with Crippen molar-refractivity contribution in [2.45, 2.75) is 0 Å². The van der Waals surface area contributed by atoms with E-state index in [9.17, 15) is 4.79 Å². The number of para-hydroxylation sites is 1. The second-order valence-corrected chi connectivity index (χ2v) is 6.84. The van der Waals surface area contributed by atoms with Gasteiger partial charge in [-0.15, -0.1) is 0 Å². The highest BCUT2D eigenvalue weighted by atomic mass is 35.5. The zero-order valence-electron chi connectivity index (χ0n) is 14.5. The molecule has 3 heterocycles.